The summed E-state index contributed by atoms with van der Waals surface area (Å²) in [5, 5.41) is 13.3. The van der Waals surface area contributed by atoms with Crippen molar-refractivity contribution in [2.24, 2.45) is 7.05 Å². The van der Waals surface area contributed by atoms with Crippen LogP contribution in [-0.4, -0.2) is 37.7 Å². The van der Waals surface area contributed by atoms with E-state index >= 15 is 0 Å². The van der Waals surface area contributed by atoms with Gasteiger partial charge >= 0.3 is 0 Å². The summed E-state index contributed by atoms with van der Waals surface area (Å²) in [7, 11) is 1.95. The Kier molecular flexibility index (Phi) is 4.14. The second-order valence-electron chi connectivity index (χ2n) is 5.86. The molecule has 6 heteroatoms. The van der Waals surface area contributed by atoms with Crippen molar-refractivity contribution < 1.29 is 9.90 Å². The summed E-state index contributed by atoms with van der Waals surface area (Å²) in [4.78, 5) is 16.9. The van der Waals surface area contributed by atoms with Crippen LogP contribution >= 0.6 is 11.8 Å². The lowest BCUT2D eigenvalue weighted by atomic mass is 9.96. The fourth-order valence-electron chi connectivity index (χ4n) is 2.93. The number of imidazole rings is 1. The molecule has 0 radical (unpaired) electrons. The van der Waals surface area contributed by atoms with Gasteiger partial charge in [-0.3, -0.25) is 4.79 Å². The highest BCUT2D eigenvalue weighted by Gasteiger charge is 2.37. The minimum Gasteiger partial charge on any atom is -0.380 e. The number of rotatable bonds is 3. The van der Waals surface area contributed by atoms with Gasteiger partial charge in [0, 0.05) is 7.05 Å². The molecule has 0 spiro atoms. The molecule has 118 valence electrons. The lowest BCUT2D eigenvalue weighted by Gasteiger charge is -2.30. The van der Waals surface area contributed by atoms with Gasteiger partial charge in [-0.05, 0) is 42.9 Å². The number of hydrogen-bond donors (Lipinski definition) is 2. The molecule has 1 amide bonds. The van der Waals surface area contributed by atoms with Crippen molar-refractivity contribution in [2.45, 2.75) is 31.9 Å². The summed E-state index contributed by atoms with van der Waals surface area (Å²) in [6, 6.07) is 6.00. The number of carbonyl (C=O) groups excluding carboxylic acids is 1. The van der Waals surface area contributed by atoms with Crippen molar-refractivity contribution >= 4 is 28.7 Å². The number of aryl methyl sites for hydroxylation is 2. The van der Waals surface area contributed by atoms with E-state index < -0.39 is 5.60 Å². The Bertz CT molecular complexity index is 705. The van der Waals surface area contributed by atoms with Gasteiger partial charge in [0.15, 0.2) is 0 Å². The van der Waals surface area contributed by atoms with Gasteiger partial charge in [-0.25, -0.2) is 4.98 Å². The quantitative estimate of drug-likeness (QED) is 0.904. The molecule has 1 aliphatic heterocycles. The topological polar surface area (TPSA) is 67.2 Å². The number of benzene rings is 1. The SMILES string of the molecule is Cc1cccc2nc(CNC(=O)C3(O)CCSCC3)n(C)c12. The largest absolute Gasteiger partial charge is 0.380 e. The summed E-state index contributed by atoms with van der Waals surface area (Å²) >= 11 is 1.78. The number of para-hydroxylation sites is 1. The molecule has 2 aromatic rings. The number of nitrogens with zero attached hydrogens (tertiary/aromatic N) is 2. The van der Waals surface area contributed by atoms with Crippen molar-refractivity contribution in [1.82, 2.24) is 14.9 Å². The van der Waals surface area contributed by atoms with E-state index in [9.17, 15) is 9.90 Å². The second-order valence-corrected chi connectivity index (χ2v) is 7.08. The second kappa shape index (κ2) is 5.93. The third kappa shape index (κ3) is 2.73. The van der Waals surface area contributed by atoms with Crippen LogP contribution in [0.2, 0.25) is 0 Å². The molecule has 3 rings (SSSR count). The molecule has 1 aromatic carbocycles. The zero-order chi connectivity index (χ0) is 15.7. The van der Waals surface area contributed by atoms with E-state index in [4.69, 9.17) is 0 Å². The predicted octanol–water partition coefficient (Wildman–Crippen LogP) is 1.76. The Balaban J connectivity index is 1.75. The van der Waals surface area contributed by atoms with Crippen molar-refractivity contribution in [1.29, 1.82) is 0 Å². The van der Waals surface area contributed by atoms with Crippen molar-refractivity contribution in [3.05, 3.63) is 29.6 Å². The van der Waals surface area contributed by atoms with Crippen LogP contribution in [0.1, 0.15) is 24.2 Å². The normalized spacial score (nSPS) is 17.6. The van der Waals surface area contributed by atoms with Crippen LogP contribution in [0.5, 0.6) is 0 Å². The van der Waals surface area contributed by atoms with Gasteiger partial charge in [-0.1, -0.05) is 12.1 Å². The molecule has 0 atom stereocenters. The number of amides is 1. The molecule has 2 heterocycles. The number of hydrogen-bond acceptors (Lipinski definition) is 4. The van der Waals surface area contributed by atoms with E-state index in [1.165, 1.54) is 0 Å². The Hall–Kier alpha value is -1.53. The predicted molar refractivity (Wildman–Crippen MR) is 88.8 cm³/mol. The summed E-state index contributed by atoms with van der Waals surface area (Å²) < 4.78 is 2.01. The van der Waals surface area contributed by atoms with Gasteiger partial charge < -0.3 is 15.0 Å². The lowest BCUT2D eigenvalue weighted by Crippen LogP contribution is -2.49. The zero-order valence-corrected chi connectivity index (χ0v) is 13.7. The zero-order valence-electron chi connectivity index (χ0n) is 12.9. The summed E-state index contributed by atoms with van der Waals surface area (Å²) in [5.74, 6) is 2.17. The minimum atomic E-state index is -1.22. The van der Waals surface area contributed by atoms with E-state index in [2.05, 4.69) is 23.3 Å². The first-order chi connectivity index (χ1) is 10.5. The monoisotopic (exact) mass is 319 g/mol. The number of fused-ring (bicyclic) bond motifs is 1. The Morgan fingerprint density at radius 2 is 2.18 bits per heavy atom. The van der Waals surface area contributed by atoms with Crippen molar-refractivity contribution in [3.63, 3.8) is 0 Å². The molecular formula is C16H21N3O2S. The molecule has 2 N–H and O–H groups in total. The summed E-state index contributed by atoms with van der Waals surface area (Å²) in [6.07, 6.45) is 1.04. The van der Waals surface area contributed by atoms with Gasteiger partial charge in [0.1, 0.15) is 11.4 Å². The van der Waals surface area contributed by atoms with Gasteiger partial charge in [0.2, 0.25) is 0 Å². The first-order valence-electron chi connectivity index (χ1n) is 7.50. The number of aromatic nitrogens is 2. The maximum Gasteiger partial charge on any atom is 0.252 e. The average Bonchev–Trinajstić information content (AvgIpc) is 2.83. The fraction of sp³-hybridized carbons (Fsp3) is 0.500. The van der Waals surface area contributed by atoms with E-state index in [0.717, 1.165) is 33.9 Å². The maximum atomic E-state index is 12.3. The number of nitrogens with one attached hydrogen (secondary N) is 1. The van der Waals surface area contributed by atoms with E-state index in [-0.39, 0.29) is 5.91 Å². The molecule has 0 bridgehead atoms. The van der Waals surface area contributed by atoms with Crippen LogP contribution < -0.4 is 5.32 Å². The van der Waals surface area contributed by atoms with E-state index in [1.54, 1.807) is 11.8 Å². The molecule has 22 heavy (non-hydrogen) atoms. The molecule has 1 aromatic heterocycles. The third-order valence-electron chi connectivity index (χ3n) is 4.34. The van der Waals surface area contributed by atoms with E-state index in [1.807, 2.05) is 23.7 Å². The van der Waals surface area contributed by atoms with Crippen LogP contribution in [0.15, 0.2) is 18.2 Å². The molecular weight excluding hydrogens is 298 g/mol. The van der Waals surface area contributed by atoms with Crippen LogP contribution in [0.3, 0.4) is 0 Å². The van der Waals surface area contributed by atoms with Crippen LogP contribution in [-0.2, 0) is 18.4 Å². The van der Waals surface area contributed by atoms with Crippen molar-refractivity contribution in [3.8, 4) is 0 Å². The number of aliphatic hydroxyl groups is 1. The molecule has 1 aliphatic rings. The Morgan fingerprint density at radius 3 is 2.86 bits per heavy atom. The number of carbonyl (C=O) groups is 1. The lowest BCUT2D eigenvalue weighted by molar-refractivity contribution is -0.140. The van der Waals surface area contributed by atoms with Crippen LogP contribution in [0.25, 0.3) is 11.0 Å². The summed E-state index contributed by atoms with van der Waals surface area (Å²) in [6.45, 7) is 2.38. The first kappa shape index (κ1) is 15.4. The van der Waals surface area contributed by atoms with Crippen LogP contribution in [0, 0.1) is 6.92 Å². The highest BCUT2D eigenvalue weighted by atomic mass is 32.2. The minimum absolute atomic E-state index is 0.281. The van der Waals surface area contributed by atoms with Gasteiger partial charge in [-0.15, -0.1) is 0 Å². The Morgan fingerprint density at radius 1 is 1.45 bits per heavy atom. The highest BCUT2D eigenvalue weighted by Crippen LogP contribution is 2.27. The van der Waals surface area contributed by atoms with Crippen molar-refractivity contribution in [2.75, 3.05) is 11.5 Å². The molecule has 1 saturated heterocycles. The molecule has 0 unspecified atom stereocenters. The smallest absolute Gasteiger partial charge is 0.252 e. The standard InChI is InChI=1S/C16H21N3O2S/c1-11-4-3-5-12-14(11)19(2)13(18-12)10-17-15(20)16(21)6-8-22-9-7-16/h3-5,21H,6-10H2,1-2H3,(H,17,20). The number of thioether (sulfide) groups is 1. The Labute approximate surface area is 134 Å². The summed E-state index contributed by atoms with van der Waals surface area (Å²) in [5.41, 5.74) is 1.96. The van der Waals surface area contributed by atoms with Crippen LogP contribution in [0.4, 0.5) is 0 Å². The molecule has 0 saturated carbocycles. The average molecular weight is 319 g/mol. The molecule has 5 nitrogen and oxygen atoms in total. The molecule has 1 fully saturated rings. The maximum absolute atomic E-state index is 12.3. The van der Waals surface area contributed by atoms with Gasteiger partial charge in [0.05, 0.1) is 17.6 Å². The highest BCUT2D eigenvalue weighted by molar-refractivity contribution is 7.99. The first-order valence-corrected chi connectivity index (χ1v) is 8.66. The fourth-order valence-corrected chi connectivity index (χ4v) is 4.10. The molecule has 0 aliphatic carbocycles. The third-order valence-corrected chi connectivity index (χ3v) is 5.32. The van der Waals surface area contributed by atoms with E-state index in [0.29, 0.717) is 19.4 Å². The van der Waals surface area contributed by atoms with Gasteiger partial charge in [-0.2, -0.15) is 11.8 Å². The van der Waals surface area contributed by atoms with Gasteiger partial charge in [0.25, 0.3) is 5.91 Å².